The SMILES string of the molecule is Fc1ccc(OCCNc2ccc3nnc(C(F)(F)F)n3n2)cc1. The van der Waals surface area contributed by atoms with Crippen LogP contribution >= 0.6 is 0 Å². The molecule has 126 valence electrons. The molecule has 0 bridgehead atoms. The molecule has 0 aliphatic heterocycles. The maximum absolute atomic E-state index is 12.8. The number of ether oxygens (including phenoxy) is 1. The van der Waals surface area contributed by atoms with Gasteiger partial charge in [0.25, 0.3) is 5.82 Å². The molecule has 3 rings (SSSR count). The van der Waals surface area contributed by atoms with E-state index in [9.17, 15) is 17.6 Å². The molecule has 0 unspecified atom stereocenters. The first-order chi connectivity index (χ1) is 11.4. The summed E-state index contributed by atoms with van der Waals surface area (Å²) in [5.74, 6) is -0.855. The molecule has 0 fully saturated rings. The Hall–Kier alpha value is -2.91. The van der Waals surface area contributed by atoms with Crippen molar-refractivity contribution in [3.8, 4) is 5.75 Å². The van der Waals surface area contributed by atoms with Crippen LogP contribution in [0.5, 0.6) is 5.75 Å². The summed E-state index contributed by atoms with van der Waals surface area (Å²) in [6.45, 7) is 0.513. The van der Waals surface area contributed by atoms with E-state index in [1.54, 1.807) is 0 Å². The van der Waals surface area contributed by atoms with Crippen molar-refractivity contribution < 1.29 is 22.3 Å². The van der Waals surface area contributed by atoms with Crippen LogP contribution in [-0.2, 0) is 6.18 Å². The lowest BCUT2D eigenvalue weighted by atomic mass is 10.3. The third kappa shape index (κ3) is 3.53. The van der Waals surface area contributed by atoms with Crippen LogP contribution in [0.4, 0.5) is 23.4 Å². The molecule has 0 amide bonds. The lowest BCUT2D eigenvalue weighted by Crippen LogP contribution is -2.15. The highest BCUT2D eigenvalue weighted by molar-refractivity contribution is 5.44. The Morgan fingerprint density at radius 1 is 1.04 bits per heavy atom. The molecule has 0 radical (unpaired) electrons. The molecule has 0 atom stereocenters. The molecule has 1 N–H and O–H groups in total. The molecule has 3 aromatic rings. The van der Waals surface area contributed by atoms with Crippen LogP contribution in [0, 0.1) is 5.82 Å². The van der Waals surface area contributed by atoms with Crippen molar-refractivity contribution in [1.82, 2.24) is 19.8 Å². The van der Waals surface area contributed by atoms with Gasteiger partial charge in [0, 0.05) is 0 Å². The van der Waals surface area contributed by atoms with Gasteiger partial charge >= 0.3 is 6.18 Å². The van der Waals surface area contributed by atoms with Crippen molar-refractivity contribution in [2.75, 3.05) is 18.5 Å². The van der Waals surface area contributed by atoms with Crippen molar-refractivity contribution in [2.45, 2.75) is 6.18 Å². The van der Waals surface area contributed by atoms with Gasteiger partial charge in [-0.3, -0.25) is 0 Å². The van der Waals surface area contributed by atoms with Gasteiger partial charge in [-0.05, 0) is 36.4 Å². The Labute approximate surface area is 133 Å². The number of rotatable bonds is 5. The van der Waals surface area contributed by atoms with E-state index >= 15 is 0 Å². The van der Waals surface area contributed by atoms with Crippen LogP contribution in [0.25, 0.3) is 5.65 Å². The molecule has 24 heavy (non-hydrogen) atoms. The molecule has 10 heteroatoms. The molecule has 0 saturated heterocycles. The predicted molar refractivity (Wildman–Crippen MR) is 76.2 cm³/mol. The minimum absolute atomic E-state index is 0.00422. The molecule has 1 aromatic carbocycles. The van der Waals surface area contributed by atoms with Gasteiger partial charge in [-0.25, -0.2) is 4.39 Å². The number of halogens is 4. The Morgan fingerprint density at radius 2 is 1.79 bits per heavy atom. The van der Waals surface area contributed by atoms with E-state index in [-0.39, 0.29) is 23.9 Å². The number of alkyl halides is 3. The van der Waals surface area contributed by atoms with E-state index in [4.69, 9.17) is 4.74 Å². The number of nitrogens with one attached hydrogen (secondary N) is 1. The van der Waals surface area contributed by atoms with E-state index in [0.717, 1.165) is 0 Å². The lowest BCUT2D eigenvalue weighted by molar-refractivity contribution is -0.146. The molecule has 0 spiro atoms. The Bertz CT molecular complexity index is 831. The molecule has 0 aliphatic carbocycles. The van der Waals surface area contributed by atoms with Crippen molar-refractivity contribution in [3.05, 3.63) is 48.0 Å². The highest BCUT2D eigenvalue weighted by Crippen LogP contribution is 2.27. The van der Waals surface area contributed by atoms with Crippen LogP contribution in [0.3, 0.4) is 0 Å². The van der Waals surface area contributed by atoms with Crippen molar-refractivity contribution >= 4 is 11.5 Å². The molecular weight excluding hydrogens is 330 g/mol. The second kappa shape index (κ2) is 6.30. The molecule has 2 heterocycles. The first kappa shape index (κ1) is 16.0. The van der Waals surface area contributed by atoms with Gasteiger partial charge in [0.15, 0.2) is 5.65 Å². The normalized spacial score (nSPS) is 11.7. The minimum atomic E-state index is -4.64. The topological polar surface area (TPSA) is 64.3 Å². The summed E-state index contributed by atoms with van der Waals surface area (Å²) in [6, 6.07) is 8.35. The molecule has 2 aromatic heterocycles. The predicted octanol–water partition coefficient (Wildman–Crippen LogP) is 2.77. The zero-order valence-electron chi connectivity index (χ0n) is 12.1. The summed E-state index contributed by atoms with van der Waals surface area (Å²) in [5.41, 5.74) is -0.00422. The summed E-state index contributed by atoms with van der Waals surface area (Å²) in [4.78, 5) is 0. The highest BCUT2D eigenvalue weighted by atomic mass is 19.4. The number of aromatic nitrogens is 4. The smallest absolute Gasteiger partial charge is 0.453 e. The third-order valence-corrected chi connectivity index (χ3v) is 3.01. The summed E-state index contributed by atoms with van der Waals surface area (Å²) in [7, 11) is 0. The zero-order valence-corrected chi connectivity index (χ0v) is 12.1. The molecule has 0 aliphatic rings. The van der Waals surface area contributed by atoms with Crippen molar-refractivity contribution in [2.24, 2.45) is 0 Å². The standard InChI is InChI=1S/C14H11F4N5O/c15-9-1-3-10(4-2-9)24-8-7-19-11-5-6-12-20-21-13(14(16,17)18)23(12)22-11/h1-6H,7-8H2,(H,19,22). The molecular formula is C14H11F4N5O. The van der Waals surface area contributed by atoms with Crippen LogP contribution in [0.1, 0.15) is 5.82 Å². The van der Waals surface area contributed by atoms with E-state index in [1.165, 1.54) is 36.4 Å². The summed E-state index contributed by atoms with van der Waals surface area (Å²) in [6.07, 6.45) is -4.64. The largest absolute Gasteiger partial charge is 0.492 e. The van der Waals surface area contributed by atoms with Gasteiger partial charge in [-0.15, -0.1) is 15.3 Å². The fraction of sp³-hybridized carbons (Fsp3) is 0.214. The average Bonchev–Trinajstić information content (AvgIpc) is 2.96. The zero-order chi connectivity index (χ0) is 17.2. The quantitative estimate of drug-likeness (QED) is 0.571. The fourth-order valence-electron chi connectivity index (χ4n) is 1.94. The number of hydrogen-bond donors (Lipinski definition) is 1. The van der Waals surface area contributed by atoms with Crippen LogP contribution < -0.4 is 10.1 Å². The number of nitrogens with zero attached hydrogens (tertiary/aromatic N) is 4. The Morgan fingerprint density at radius 3 is 2.50 bits per heavy atom. The maximum atomic E-state index is 12.8. The van der Waals surface area contributed by atoms with Crippen molar-refractivity contribution in [3.63, 3.8) is 0 Å². The fourth-order valence-corrected chi connectivity index (χ4v) is 1.94. The van der Waals surface area contributed by atoms with Gasteiger partial charge in [-0.1, -0.05) is 0 Å². The van der Waals surface area contributed by atoms with E-state index in [2.05, 4.69) is 20.6 Å². The second-order valence-corrected chi connectivity index (χ2v) is 4.74. The highest BCUT2D eigenvalue weighted by Gasteiger charge is 2.37. The monoisotopic (exact) mass is 341 g/mol. The molecule has 0 saturated carbocycles. The molecule has 6 nitrogen and oxygen atoms in total. The van der Waals surface area contributed by atoms with Gasteiger partial charge in [-0.2, -0.15) is 17.7 Å². The number of fused-ring (bicyclic) bond motifs is 1. The van der Waals surface area contributed by atoms with Gasteiger partial charge < -0.3 is 10.1 Å². The summed E-state index contributed by atoms with van der Waals surface area (Å²) in [5, 5.41) is 13.2. The third-order valence-electron chi connectivity index (χ3n) is 3.01. The summed E-state index contributed by atoms with van der Waals surface area (Å²) >= 11 is 0. The van der Waals surface area contributed by atoms with Crippen LogP contribution in [-0.4, -0.2) is 33.0 Å². The first-order valence-corrected chi connectivity index (χ1v) is 6.85. The van der Waals surface area contributed by atoms with E-state index in [1.807, 2.05) is 0 Å². The van der Waals surface area contributed by atoms with E-state index < -0.39 is 12.0 Å². The minimum Gasteiger partial charge on any atom is -0.492 e. The number of anilines is 1. The van der Waals surface area contributed by atoms with Crippen molar-refractivity contribution in [1.29, 1.82) is 0 Å². The van der Waals surface area contributed by atoms with Gasteiger partial charge in [0.05, 0.1) is 6.54 Å². The number of benzene rings is 1. The summed E-state index contributed by atoms with van der Waals surface area (Å²) < 4.78 is 57.1. The number of hydrogen-bond acceptors (Lipinski definition) is 5. The van der Waals surface area contributed by atoms with Gasteiger partial charge in [0.2, 0.25) is 0 Å². The lowest BCUT2D eigenvalue weighted by Gasteiger charge is -2.09. The van der Waals surface area contributed by atoms with Crippen LogP contribution in [0.2, 0.25) is 0 Å². The second-order valence-electron chi connectivity index (χ2n) is 4.74. The Balaban J connectivity index is 1.62. The Kier molecular flexibility index (Phi) is 4.19. The first-order valence-electron chi connectivity index (χ1n) is 6.85. The van der Waals surface area contributed by atoms with Crippen LogP contribution in [0.15, 0.2) is 36.4 Å². The van der Waals surface area contributed by atoms with E-state index in [0.29, 0.717) is 16.8 Å². The maximum Gasteiger partial charge on any atom is 0.453 e. The average molecular weight is 341 g/mol. The van der Waals surface area contributed by atoms with Gasteiger partial charge in [0.1, 0.15) is 24.0 Å².